The molecular weight excluding hydrogens is 346 g/mol. The van der Waals surface area contributed by atoms with E-state index in [1.807, 2.05) is 6.92 Å². The average Bonchev–Trinajstić information content (AvgIpc) is 3.33. The number of carboxylic acid groups (broad SMARTS) is 1. The number of amides is 1. The molecule has 3 rings (SSSR count). The summed E-state index contributed by atoms with van der Waals surface area (Å²) in [5.41, 5.74) is 0.380. The first-order valence-corrected chi connectivity index (χ1v) is 8.86. The fraction of sp³-hybridized carbons (Fsp3) is 0.556. The summed E-state index contributed by atoms with van der Waals surface area (Å²) in [5.74, 6) is -0.267. The summed E-state index contributed by atoms with van der Waals surface area (Å²) in [6.07, 6.45) is 2.11. The summed E-state index contributed by atoms with van der Waals surface area (Å²) in [5, 5.41) is 9.76. The van der Waals surface area contributed by atoms with E-state index >= 15 is 0 Å². The van der Waals surface area contributed by atoms with E-state index in [1.165, 1.54) is 7.11 Å². The smallest absolute Gasteiger partial charge is 0.308 e. The third-order valence-corrected chi connectivity index (χ3v) is 5.24. The number of carbonyl (C=O) groups excluding carboxylic acids is 1. The van der Waals surface area contributed by atoms with Crippen molar-refractivity contribution < 1.29 is 24.2 Å². The monoisotopic (exact) mass is 367 g/mol. The Bertz CT molecular complexity index is 688. The minimum Gasteiger partial charge on any atom is -0.493 e. The van der Waals surface area contributed by atoms with Crippen LogP contribution in [0.25, 0.3) is 0 Å². The first kappa shape index (κ1) is 17.9. The Kier molecular flexibility index (Phi) is 5.08. The van der Waals surface area contributed by atoms with Crippen molar-refractivity contribution in [2.45, 2.75) is 19.8 Å². The van der Waals surface area contributed by atoms with Gasteiger partial charge in [-0.05, 0) is 43.7 Å². The Labute approximate surface area is 151 Å². The van der Waals surface area contributed by atoms with Crippen LogP contribution in [0.1, 0.15) is 30.1 Å². The van der Waals surface area contributed by atoms with Gasteiger partial charge in [0, 0.05) is 18.7 Å². The number of carboxylic acids is 1. The minimum atomic E-state index is -0.825. The molecule has 1 amide bonds. The molecule has 1 N–H and O–H groups in total. The van der Waals surface area contributed by atoms with Gasteiger partial charge in [0.25, 0.3) is 5.91 Å². The lowest BCUT2D eigenvalue weighted by Crippen LogP contribution is -2.30. The van der Waals surface area contributed by atoms with E-state index in [1.54, 1.807) is 17.0 Å². The fourth-order valence-corrected chi connectivity index (χ4v) is 3.83. The van der Waals surface area contributed by atoms with Crippen LogP contribution in [-0.2, 0) is 4.79 Å². The molecule has 6 nitrogen and oxygen atoms in total. The molecule has 0 spiro atoms. The molecule has 1 saturated carbocycles. The zero-order valence-corrected chi connectivity index (χ0v) is 15.1. The number of aliphatic carboxylic acids is 1. The topological polar surface area (TPSA) is 76.1 Å². The zero-order valence-electron chi connectivity index (χ0n) is 14.3. The number of hydrogen-bond donors (Lipinski definition) is 1. The van der Waals surface area contributed by atoms with Crippen LogP contribution in [0, 0.1) is 17.8 Å². The quantitative estimate of drug-likeness (QED) is 0.836. The molecule has 0 unspecified atom stereocenters. The van der Waals surface area contributed by atoms with Gasteiger partial charge in [-0.1, -0.05) is 11.6 Å². The number of benzene rings is 1. The van der Waals surface area contributed by atoms with Gasteiger partial charge in [0.2, 0.25) is 0 Å². The number of likely N-dealkylation sites (tertiary alicyclic amines) is 1. The van der Waals surface area contributed by atoms with Crippen LogP contribution in [-0.4, -0.2) is 48.7 Å². The molecule has 0 bridgehead atoms. The zero-order chi connectivity index (χ0) is 18.1. The molecule has 1 saturated heterocycles. The lowest BCUT2D eigenvalue weighted by Gasteiger charge is -2.18. The molecule has 1 aromatic carbocycles. The van der Waals surface area contributed by atoms with Crippen molar-refractivity contribution in [3.8, 4) is 11.5 Å². The van der Waals surface area contributed by atoms with E-state index in [4.69, 9.17) is 21.1 Å². The minimum absolute atomic E-state index is 0.0431. The molecule has 1 aliphatic heterocycles. The summed E-state index contributed by atoms with van der Waals surface area (Å²) < 4.78 is 10.8. The van der Waals surface area contributed by atoms with Gasteiger partial charge in [-0.15, -0.1) is 0 Å². The second-order valence-electron chi connectivity index (χ2n) is 6.58. The highest BCUT2D eigenvalue weighted by Gasteiger charge is 2.47. The molecule has 25 heavy (non-hydrogen) atoms. The largest absolute Gasteiger partial charge is 0.493 e. The van der Waals surface area contributed by atoms with Crippen molar-refractivity contribution in [2.75, 3.05) is 26.8 Å². The van der Waals surface area contributed by atoms with E-state index in [9.17, 15) is 14.7 Å². The molecule has 0 aromatic heterocycles. The van der Waals surface area contributed by atoms with Crippen molar-refractivity contribution in [3.63, 3.8) is 0 Å². The van der Waals surface area contributed by atoms with Crippen LogP contribution in [0.2, 0.25) is 5.02 Å². The van der Waals surface area contributed by atoms with Crippen LogP contribution in [0.3, 0.4) is 0 Å². The molecule has 1 aliphatic carbocycles. The summed E-state index contributed by atoms with van der Waals surface area (Å²) in [6.45, 7) is 2.98. The molecule has 2 atom stereocenters. The van der Waals surface area contributed by atoms with Crippen molar-refractivity contribution in [1.82, 2.24) is 4.90 Å². The van der Waals surface area contributed by atoms with E-state index in [-0.39, 0.29) is 18.4 Å². The Morgan fingerprint density at radius 1 is 1.32 bits per heavy atom. The molecule has 1 heterocycles. The van der Waals surface area contributed by atoms with E-state index in [2.05, 4.69) is 0 Å². The summed E-state index contributed by atoms with van der Waals surface area (Å²) in [4.78, 5) is 26.0. The van der Waals surface area contributed by atoms with Gasteiger partial charge in [-0.25, -0.2) is 0 Å². The van der Waals surface area contributed by atoms with Crippen molar-refractivity contribution in [1.29, 1.82) is 0 Å². The Morgan fingerprint density at radius 3 is 2.60 bits per heavy atom. The maximum absolute atomic E-state index is 12.9. The highest BCUT2D eigenvalue weighted by Crippen LogP contribution is 2.44. The normalized spacial score (nSPS) is 22.8. The summed E-state index contributed by atoms with van der Waals surface area (Å²) >= 11 is 6.24. The maximum Gasteiger partial charge on any atom is 0.308 e. The molecule has 0 radical (unpaired) electrons. The molecule has 2 aliphatic rings. The molecule has 1 aromatic rings. The molecule has 7 heteroatoms. The lowest BCUT2D eigenvalue weighted by atomic mass is 9.92. The van der Waals surface area contributed by atoms with Gasteiger partial charge in [0.05, 0.1) is 24.7 Å². The van der Waals surface area contributed by atoms with Gasteiger partial charge in [0.1, 0.15) is 0 Å². The summed E-state index contributed by atoms with van der Waals surface area (Å²) in [6, 6.07) is 3.15. The van der Waals surface area contributed by atoms with E-state index in [0.717, 1.165) is 12.8 Å². The highest BCUT2D eigenvalue weighted by atomic mass is 35.5. The second-order valence-corrected chi connectivity index (χ2v) is 6.99. The van der Waals surface area contributed by atoms with Crippen molar-refractivity contribution >= 4 is 23.5 Å². The van der Waals surface area contributed by atoms with E-state index in [0.29, 0.717) is 41.2 Å². The maximum atomic E-state index is 12.9. The average molecular weight is 368 g/mol. The highest BCUT2D eigenvalue weighted by molar-refractivity contribution is 6.32. The van der Waals surface area contributed by atoms with Crippen LogP contribution < -0.4 is 9.47 Å². The Morgan fingerprint density at radius 2 is 2.04 bits per heavy atom. The first-order chi connectivity index (χ1) is 12.0. The van der Waals surface area contributed by atoms with Crippen LogP contribution in [0.15, 0.2) is 12.1 Å². The van der Waals surface area contributed by atoms with Gasteiger partial charge in [0.15, 0.2) is 11.5 Å². The van der Waals surface area contributed by atoms with Crippen LogP contribution in [0.4, 0.5) is 0 Å². The molecule has 136 valence electrons. The van der Waals surface area contributed by atoms with E-state index < -0.39 is 11.9 Å². The SMILES string of the molecule is CCOc1c(Cl)cc(C(=O)N2C[C@H](C(=O)O)[C@@H](C3CC3)C2)cc1OC. The number of hydrogen-bond acceptors (Lipinski definition) is 4. The lowest BCUT2D eigenvalue weighted by molar-refractivity contribution is -0.142. The first-order valence-electron chi connectivity index (χ1n) is 8.48. The van der Waals surface area contributed by atoms with Crippen LogP contribution in [0.5, 0.6) is 11.5 Å². The third kappa shape index (κ3) is 3.54. The van der Waals surface area contributed by atoms with Gasteiger partial charge in [-0.3, -0.25) is 9.59 Å². The predicted octanol–water partition coefficient (Wildman–Crippen LogP) is 2.93. The number of carbonyl (C=O) groups is 2. The number of rotatable bonds is 6. The second kappa shape index (κ2) is 7.12. The number of ether oxygens (including phenoxy) is 2. The third-order valence-electron chi connectivity index (χ3n) is 4.96. The van der Waals surface area contributed by atoms with Crippen LogP contribution >= 0.6 is 11.6 Å². The van der Waals surface area contributed by atoms with Gasteiger partial charge >= 0.3 is 5.97 Å². The summed E-state index contributed by atoms with van der Waals surface area (Å²) in [7, 11) is 1.49. The van der Waals surface area contributed by atoms with Gasteiger partial charge in [-0.2, -0.15) is 0 Å². The van der Waals surface area contributed by atoms with Gasteiger partial charge < -0.3 is 19.5 Å². The molecule has 2 fully saturated rings. The molecular formula is C18H22ClNO5. The number of nitrogens with zero attached hydrogens (tertiary/aromatic N) is 1. The van der Waals surface area contributed by atoms with Crippen molar-refractivity contribution in [3.05, 3.63) is 22.7 Å². The number of methoxy groups -OCH3 is 1. The predicted molar refractivity (Wildman–Crippen MR) is 92.4 cm³/mol. The Hall–Kier alpha value is -1.95. The Balaban J connectivity index is 1.83. The standard InChI is InChI=1S/C18H22ClNO5/c1-3-25-16-14(19)6-11(7-15(16)24-2)17(21)20-8-12(10-4-5-10)13(9-20)18(22)23/h6-7,10,12-13H,3-5,8-9H2,1-2H3,(H,22,23)/t12-,13+/m1/s1. The number of halogens is 1. The van der Waals surface area contributed by atoms with Crippen molar-refractivity contribution in [2.24, 2.45) is 17.8 Å². The fourth-order valence-electron chi connectivity index (χ4n) is 3.57.